The molecule has 0 spiro atoms. The molecule has 1 aliphatic rings. The Morgan fingerprint density at radius 3 is 3.00 bits per heavy atom. The molecule has 0 bridgehead atoms. The van der Waals surface area contributed by atoms with Gasteiger partial charge < -0.3 is 0 Å². The Morgan fingerprint density at radius 1 is 1.47 bits per heavy atom. The van der Waals surface area contributed by atoms with Crippen molar-refractivity contribution in [1.29, 1.82) is 0 Å². The topological polar surface area (TPSA) is 33.2 Å². The summed E-state index contributed by atoms with van der Waals surface area (Å²) in [7, 11) is 0. The van der Waals surface area contributed by atoms with Gasteiger partial charge in [-0.05, 0) is 12.1 Å². The van der Waals surface area contributed by atoms with E-state index in [0.29, 0.717) is 13.0 Å². The fourth-order valence-electron chi connectivity index (χ4n) is 2.04. The highest BCUT2D eigenvalue weighted by Crippen LogP contribution is 2.31. The largest absolute Gasteiger partial charge is 0.287 e. The van der Waals surface area contributed by atoms with Crippen molar-refractivity contribution in [2.24, 2.45) is 0 Å². The highest BCUT2D eigenvalue weighted by atomic mass is 79.9. The molecule has 1 aromatic heterocycles. The molecule has 2 heterocycles. The number of hydrogen-bond acceptors (Lipinski definition) is 4. The average Bonchev–Trinajstić information content (AvgIpc) is 2.96. The number of amides is 1. The minimum atomic E-state index is 0.107. The Bertz CT molecular complexity index is 629. The van der Waals surface area contributed by atoms with Crippen molar-refractivity contribution in [2.45, 2.75) is 11.7 Å². The minimum absolute atomic E-state index is 0.107. The molecule has 0 saturated carbocycles. The van der Waals surface area contributed by atoms with E-state index in [2.05, 4.69) is 33.5 Å². The predicted molar refractivity (Wildman–Crippen MR) is 85.0 cm³/mol. The first-order valence-corrected chi connectivity index (χ1v) is 8.02. The number of rotatable bonds is 2. The van der Waals surface area contributed by atoms with E-state index in [4.69, 9.17) is 0 Å². The summed E-state index contributed by atoms with van der Waals surface area (Å²) in [4.78, 5) is 18.1. The fraction of sp³-hybridized carbons (Fsp3) is 0.231. The number of carbonyl (C=O) groups is 1. The summed E-state index contributed by atoms with van der Waals surface area (Å²) in [6, 6.07) is 7.98. The number of carbonyl (C=O) groups excluding carboxylic acids is 1. The molecule has 6 heteroatoms. The van der Waals surface area contributed by atoms with Crippen LogP contribution in [-0.4, -0.2) is 22.7 Å². The molecule has 0 N–H and O–H groups in total. The Balaban J connectivity index is 1.90. The lowest BCUT2D eigenvalue weighted by molar-refractivity contribution is -0.117. The predicted octanol–water partition coefficient (Wildman–Crippen LogP) is 3.61. The number of hydrogen-bond donors (Lipinski definition) is 1. The Labute approximate surface area is 129 Å². The van der Waals surface area contributed by atoms with E-state index < -0.39 is 0 Å². The van der Waals surface area contributed by atoms with E-state index in [1.54, 1.807) is 4.90 Å². The molecule has 1 aromatic carbocycles. The van der Waals surface area contributed by atoms with Gasteiger partial charge in [0.1, 0.15) is 0 Å². The second kappa shape index (κ2) is 5.26. The van der Waals surface area contributed by atoms with E-state index in [1.165, 1.54) is 11.3 Å². The van der Waals surface area contributed by atoms with Gasteiger partial charge in [0, 0.05) is 33.6 Å². The van der Waals surface area contributed by atoms with Crippen molar-refractivity contribution in [3.8, 4) is 11.3 Å². The van der Waals surface area contributed by atoms with Crippen molar-refractivity contribution in [1.82, 2.24) is 4.98 Å². The first kappa shape index (κ1) is 13.1. The second-order valence-corrected chi connectivity index (χ2v) is 6.87. The molecule has 1 aliphatic heterocycles. The SMILES string of the molecule is O=C1CC(S)CN1c1nc(-c2cccc(Br)c2)cs1. The quantitative estimate of drug-likeness (QED) is 0.835. The van der Waals surface area contributed by atoms with Gasteiger partial charge in [0.25, 0.3) is 0 Å². The van der Waals surface area contributed by atoms with Gasteiger partial charge in [-0.1, -0.05) is 28.1 Å². The van der Waals surface area contributed by atoms with Gasteiger partial charge in [-0.15, -0.1) is 11.3 Å². The van der Waals surface area contributed by atoms with Gasteiger partial charge in [0.05, 0.1) is 5.69 Å². The monoisotopic (exact) mass is 354 g/mol. The van der Waals surface area contributed by atoms with Crippen LogP contribution in [0.25, 0.3) is 11.3 Å². The summed E-state index contributed by atoms with van der Waals surface area (Å²) in [6.07, 6.45) is 0.495. The second-order valence-electron chi connectivity index (χ2n) is 4.39. The Morgan fingerprint density at radius 2 is 2.32 bits per heavy atom. The van der Waals surface area contributed by atoms with Gasteiger partial charge in [-0.25, -0.2) is 4.98 Å². The van der Waals surface area contributed by atoms with Crippen LogP contribution in [-0.2, 0) is 4.79 Å². The van der Waals surface area contributed by atoms with Crippen LogP contribution in [0.4, 0.5) is 5.13 Å². The zero-order valence-corrected chi connectivity index (χ0v) is 13.2. The van der Waals surface area contributed by atoms with Crippen LogP contribution >= 0.6 is 39.9 Å². The average molecular weight is 355 g/mol. The third kappa shape index (κ3) is 2.70. The number of thiol groups is 1. The summed E-state index contributed by atoms with van der Waals surface area (Å²) in [5.74, 6) is 0.107. The molecule has 1 saturated heterocycles. The lowest BCUT2D eigenvalue weighted by Crippen LogP contribution is -2.24. The molecular formula is C13H11BrN2OS2. The first-order valence-electron chi connectivity index (χ1n) is 5.83. The molecule has 1 fully saturated rings. The van der Waals surface area contributed by atoms with Crippen molar-refractivity contribution in [2.75, 3.05) is 11.4 Å². The molecule has 1 atom stereocenters. The maximum atomic E-state index is 11.8. The summed E-state index contributed by atoms with van der Waals surface area (Å²) < 4.78 is 1.02. The van der Waals surface area contributed by atoms with Crippen LogP contribution < -0.4 is 4.90 Å². The van der Waals surface area contributed by atoms with Crippen LogP contribution in [0, 0.1) is 0 Å². The van der Waals surface area contributed by atoms with E-state index >= 15 is 0 Å². The van der Waals surface area contributed by atoms with Crippen molar-refractivity contribution < 1.29 is 4.79 Å². The highest BCUT2D eigenvalue weighted by molar-refractivity contribution is 9.10. The summed E-state index contributed by atoms with van der Waals surface area (Å²) in [5.41, 5.74) is 1.95. The van der Waals surface area contributed by atoms with Crippen LogP contribution in [0.3, 0.4) is 0 Å². The molecule has 98 valence electrons. The van der Waals surface area contributed by atoms with Gasteiger partial charge in [0.15, 0.2) is 5.13 Å². The lowest BCUT2D eigenvalue weighted by Gasteiger charge is -2.11. The number of aromatic nitrogens is 1. The van der Waals surface area contributed by atoms with Crippen LogP contribution in [0.5, 0.6) is 0 Å². The standard InChI is InChI=1S/C13H11BrN2OS2/c14-9-3-1-2-8(4-9)11-7-19-13(15-11)16-6-10(18)5-12(16)17/h1-4,7,10,18H,5-6H2. The molecule has 19 heavy (non-hydrogen) atoms. The van der Waals surface area contributed by atoms with Crippen LogP contribution in [0.1, 0.15) is 6.42 Å². The zero-order chi connectivity index (χ0) is 13.4. The molecule has 1 unspecified atom stereocenters. The van der Waals surface area contributed by atoms with Crippen molar-refractivity contribution in [3.05, 3.63) is 34.1 Å². The number of thiazole rings is 1. The Hall–Kier alpha value is -0.850. The summed E-state index contributed by atoms with van der Waals surface area (Å²) in [6.45, 7) is 0.646. The van der Waals surface area contributed by atoms with Crippen molar-refractivity contribution >= 4 is 50.9 Å². The smallest absolute Gasteiger partial charge is 0.229 e. The normalized spacial score (nSPS) is 19.2. The molecule has 3 nitrogen and oxygen atoms in total. The molecule has 0 aliphatic carbocycles. The maximum absolute atomic E-state index is 11.8. The molecule has 3 rings (SSSR count). The van der Waals surface area contributed by atoms with E-state index in [9.17, 15) is 4.79 Å². The lowest BCUT2D eigenvalue weighted by atomic mass is 10.2. The summed E-state index contributed by atoms with van der Waals surface area (Å²) in [5, 5.41) is 2.86. The minimum Gasteiger partial charge on any atom is -0.287 e. The third-order valence-electron chi connectivity index (χ3n) is 2.95. The maximum Gasteiger partial charge on any atom is 0.229 e. The molecular weight excluding hydrogens is 344 g/mol. The first-order chi connectivity index (χ1) is 9.13. The third-order valence-corrected chi connectivity index (χ3v) is 4.65. The fourth-order valence-corrected chi connectivity index (χ4v) is 3.62. The highest BCUT2D eigenvalue weighted by Gasteiger charge is 2.30. The summed E-state index contributed by atoms with van der Waals surface area (Å²) >= 11 is 9.31. The Kier molecular flexibility index (Phi) is 3.64. The van der Waals surface area contributed by atoms with E-state index in [-0.39, 0.29) is 11.2 Å². The van der Waals surface area contributed by atoms with E-state index in [1.807, 2.05) is 29.6 Å². The van der Waals surface area contributed by atoms with Crippen LogP contribution in [0.15, 0.2) is 34.1 Å². The number of halogens is 1. The van der Waals surface area contributed by atoms with Gasteiger partial charge in [-0.2, -0.15) is 12.6 Å². The number of nitrogens with zero attached hydrogens (tertiary/aromatic N) is 2. The molecule has 0 radical (unpaired) electrons. The van der Waals surface area contributed by atoms with Gasteiger partial charge in [-0.3, -0.25) is 9.69 Å². The van der Waals surface area contributed by atoms with E-state index in [0.717, 1.165) is 20.9 Å². The number of anilines is 1. The van der Waals surface area contributed by atoms with Gasteiger partial charge in [0.2, 0.25) is 5.91 Å². The molecule has 2 aromatic rings. The van der Waals surface area contributed by atoms with Gasteiger partial charge >= 0.3 is 0 Å². The van der Waals surface area contributed by atoms with Crippen LogP contribution in [0.2, 0.25) is 0 Å². The van der Waals surface area contributed by atoms with Crippen molar-refractivity contribution in [3.63, 3.8) is 0 Å². The number of benzene rings is 1. The molecule has 1 amide bonds. The zero-order valence-electron chi connectivity index (χ0n) is 9.91.